The van der Waals surface area contributed by atoms with Gasteiger partial charge in [0.05, 0.1) is 0 Å². The SMILES string of the molecule is CC(C)NCC(C)(C)CCCO. The first-order chi connectivity index (χ1) is 5.48. The van der Waals surface area contributed by atoms with Gasteiger partial charge in [-0.15, -0.1) is 0 Å². The number of hydrogen-bond acceptors (Lipinski definition) is 2. The lowest BCUT2D eigenvalue weighted by molar-refractivity contribution is 0.234. The molecule has 0 saturated carbocycles. The van der Waals surface area contributed by atoms with Crippen LogP contribution in [-0.2, 0) is 0 Å². The molecule has 2 heteroatoms. The van der Waals surface area contributed by atoms with Gasteiger partial charge in [0.1, 0.15) is 0 Å². The summed E-state index contributed by atoms with van der Waals surface area (Å²) in [7, 11) is 0. The molecule has 0 rings (SSSR count). The third-order valence-electron chi connectivity index (χ3n) is 2.00. The summed E-state index contributed by atoms with van der Waals surface area (Å²) >= 11 is 0. The highest BCUT2D eigenvalue weighted by molar-refractivity contribution is 4.72. The molecule has 0 heterocycles. The Morgan fingerprint density at radius 3 is 2.33 bits per heavy atom. The predicted molar refractivity (Wildman–Crippen MR) is 53.2 cm³/mol. The smallest absolute Gasteiger partial charge is 0.0431 e. The topological polar surface area (TPSA) is 32.3 Å². The van der Waals surface area contributed by atoms with Crippen LogP contribution in [0.1, 0.15) is 40.5 Å². The molecule has 0 radical (unpaired) electrons. The van der Waals surface area contributed by atoms with E-state index in [9.17, 15) is 0 Å². The van der Waals surface area contributed by atoms with E-state index >= 15 is 0 Å². The number of aliphatic hydroxyl groups is 1. The Bertz CT molecular complexity index is 110. The average molecular weight is 173 g/mol. The molecule has 0 aromatic rings. The van der Waals surface area contributed by atoms with Crippen LogP contribution in [0.25, 0.3) is 0 Å². The molecule has 0 atom stereocenters. The van der Waals surface area contributed by atoms with E-state index in [4.69, 9.17) is 5.11 Å². The van der Waals surface area contributed by atoms with Crippen LogP contribution in [0.15, 0.2) is 0 Å². The van der Waals surface area contributed by atoms with Crippen molar-refractivity contribution in [2.24, 2.45) is 5.41 Å². The largest absolute Gasteiger partial charge is 0.396 e. The second-order valence-corrected chi connectivity index (χ2v) is 4.53. The van der Waals surface area contributed by atoms with E-state index in [1.807, 2.05) is 0 Å². The molecule has 0 unspecified atom stereocenters. The van der Waals surface area contributed by atoms with Crippen LogP contribution in [-0.4, -0.2) is 24.3 Å². The molecule has 0 amide bonds. The summed E-state index contributed by atoms with van der Waals surface area (Å²) in [6, 6.07) is 0.554. The number of aliphatic hydroxyl groups excluding tert-OH is 1. The van der Waals surface area contributed by atoms with E-state index in [0.717, 1.165) is 19.4 Å². The van der Waals surface area contributed by atoms with Crippen molar-refractivity contribution in [1.29, 1.82) is 0 Å². The first-order valence-corrected chi connectivity index (χ1v) is 4.82. The zero-order chi connectivity index (χ0) is 9.61. The molecule has 0 spiro atoms. The van der Waals surface area contributed by atoms with Crippen LogP contribution in [0.2, 0.25) is 0 Å². The molecule has 0 aliphatic rings. The second-order valence-electron chi connectivity index (χ2n) is 4.53. The molecule has 74 valence electrons. The third-order valence-corrected chi connectivity index (χ3v) is 2.00. The average Bonchev–Trinajstić information content (AvgIpc) is 1.98. The van der Waals surface area contributed by atoms with Gasteiger partial charge >= 0.3 is 0 Å². The molecule has 0 aliphatic heterocycles. The highest BCUT2D eigenvalue weighted by atomic mass is 16.2. The maximum atomic E-state index is 8.69. The van der Waals surface area contributed by atoms with Crippen LogP contribution in [0.4, 0.5) is 0 Å². The summed E-state index contributed by atoms with van der Waals surface area (Å²) in [5.41, 5.74) is 0.312. The minimum atomic E-state index is 0.311. The summed E-state index contributed by atoms with van der Waals surface area (Å²) in [5, 5.41) is 12.1. The van der Waals surface area contributed by atoms with Crippen molar-refractivity contribution in [2.45, 2.75) is 46.6 Å². The van der Waals surface area contributed by atoms with Gasteiger partial charge in [0.2, 0.25) is 0 Å². The molecular weight excluding hydrogens is 150 g/mol. The van der Waals surface area contributed by atoms with Crippen molar-refractivity contribution < 1.29 is 5.11 Å². The van der Waals surface area contributed by atoms with Crippen molar-refractivity contribution in [3.63, 3.8) is 0 Å². The molecule has 0 bridgehead atoms. The molecule has 0 saturated heterocycles. The van der Waals surface area contributed by atoms with Gasteiger partial charge in [-0.2, -0.15) is 0 Å². The van der Waals surface area contributed by atoms with Crippen molar-refractivity contribution in [3.8, 4) is 0 Å². The first kappa shape index (κ1) is 11.9. The fourth-order valence-corrected chi connectivity index (χ4v) is 1.13. The highest BCUT2D eigenvalue weighted by Crippen LogP contribution is 2.20. The van der Waals surface area contributed by atoms with Gasteiger partial charge in [-0.3, -0.25) is 0 Å². The van der Waals surface area contributed by atoms with Gasteiger partial charge in [-0.1, -0.05) is 27.7 Å². The van der Waals surface area contributed by atoms with Crippen LogP contribution in [0.5, 0.6) is 0 Å². The van der Waals surface area contributed by atoms with Gasteiger partial charge in [0.15, 0.2) is 0 Å². The Balaban J connectivity index is 3.56. The molecule has 0 aliphatic carbocycles. The Morgan fingerprint density at radius 2 is 1.92 bits per heavy atom. The Labute approximate surface area is 76.4 Å². The summed E-state index contributed by atoms with van der Waals surface area (Å²) in [4.78, 5) is 0. The van der Waals surface area contributed by atoms with E-state index in [0.29, 0.717) is 18.1 Å². The van der Waals surface area contributed by atoms with Gasteiger partial charge < -0.3 is 10.4 Å². The standard InChI is InChI=1S/C10H23NO/c1-9(2)11-8-10(3,4)6-5-7-12/h9,11-12H,5-8H2,1-4H3. The fraction of sp³-hybridized carbons (Fsp3) is 1.00. The Hall–Kier alpha value is -0.0800. The minimum absolute atomic E-state index is 0.311. The number of nitrogens with one attached hydrogen (secondary N) is 1. The predicted octanol–water partition coefficient (Wildman–Crippen LogP) is 1.78. The van der Waals surface area contributed by atoms with Crippen LogP contribution < -0.4 is 5.32 Å². The maximum absolute atomic E-state index is 8.69. The number of rotatable bonds is 6. The van der Waals surface area contributed by atoms with E-state index < -0.39 is 0 Å². The van der Waals surface area contributed by atoms with Crippen molar-refractivity contribution in [2.75, 3.05) is 13.2 Å². The maximum Gasteiger partial charge on any atom is 0.0431 e. The van der Waals surface area contributed by atoms with Crippen molar-refractivity contribution in [3.05, 3.63) is 0 Å². The monoisotopic (exact) mass is 173 g/mol. The molecule has 2 N–H and O–H groups in total. The Kier molecular flexibility index (Phi) is 5.51. The molecule has 0 fully saturated rings. The van der Waals surface area contributed by atoms with E-state index in [1.165, 1.54) is 0 Å². The summed E-state index contributed by atoms with van der Waals surface area (Å²) in [6.07, 6.45) is 2.00. The second kappa shape index (κ2) is 5.55. The van der Waals surface area contributed by atoms with E-state index in [1.54, 1.807) is 0 Å². The summed E-state index contributed by atoms with van der Waals surface area (Å²) in [5.74, 6) is 0. The number of hydrogen-bond donors (Lipinski definition) is 2. The van der Waals surface area contributed by atoms with Gasteiger partial charge in [-0.25, -0.2) is 0 Å². The Morgan fingerprint density at radius 1 is 1.33 bits per heavy atom. The minimum Gasteiger partial charge on any atom is -0.396 e. The summed E-state index contributed by atoms with van der Waals surface area (Å²) in [6.45, 7) is 10.1. The van der Waals surface area contributed by atoms with Crippen LogP contribution in [0.3, 0.4) is 0 Å². The first-order valence-electron chi connectivity index (χ1n) is 4.82. The van der Waals surface area contributed by atoms with Gasteiger partial charge in [-0.05, 0) is 18.3 Å². The molecule has 0 aromatic carbocycles. The third kappa shape index (κ3) is 6.62. The van der Waals surface area contributed by atoms with Gasteiger partial charge in [0.25, 0.3) is 0 Å². The van der Waals surface area contributed by atoms with E-state index in [2.05, 4.69) is 33.0 Å². The normalized spacial score (nSPS) is 12.5. The molecular formula is C10H23NO. The van der Waals surface area contributed by atoms with Crippen molar-refractivity contribution in [1.82, 2.24) is 5.32 Å². The van der Waals surface area contributed by atoms with E-state index in [-0.39, 0.29) is 0 Å². The lowest BCUT2D eigenvalue weighted by Gasteiger charge is -2.26. The molecule has 0 aromatic heterocycles. The van der Waals surface area contributed by atoms with Crippen molar-refractivity contribution >= 4 is 0 Å². The fourth-order valence-electron chi connectivity index (χ4n) is 1.13. The highest BCUT2D eigenvalue weighted by Gasteiger charge is 2.16. The zero-order valence-corrected chi connectivity index (χ0v) is 8.85. The van der Waals surface area contributed by atoms with Crippen LogP contribution in [0, 0.1) is 5.41 Å². The lowest BCUT2D eigenvalue weighted by atomic mass is 9.88. The van der Waals surface area contributed by atoms with Crippen LogP contribution >= 0.6 is 0 Å². The van der Waals surface area contributed by atoms with Gasteiger partial charge in [0, 0.05) is 19.2 Å². The quantitative estimate of drug-likeness (QED) is 0.642. The zero-order valence-electron chi connectivity index (χ0n) is 8.85. The summed E-state index contributed by atoms with van der Waals surface area (Å²) < 4.78 is 0. The molecule has 12 heavy (non-hydrogen) atoms. The molecule has 2 nitrogen and oxygen atoms in total. The lowest BCUT2D eigenvalue weighted by Crippen LogP contribution is -2.33.